The third-order valence-electron chi connectivity index (χ3n) is 5.15. The molecule has 0 radical (unpaired) electrons. The van der Waals surface area contributed by atoms with E-state index in [-0.39, 0.29) is 23.7 Å². The van der Waals surface area contributed by atoms with Crippen LogP contribution in [0.4, 0.5) is 4.39 Å². The van der Waals surface area contributed by atoms with Gasteiger partial charge in [-0.1, -0.05) is 48.0 Å². The van der Waals surface area contributed by atoms with E-state index in [1.165, 1.54) is 12.1 Å². The van der Waals surface area contributed by atoms with Crippen molar-refractivity contribution in [3.8, 4) is 0 Å². The van der Waals surface area contributed by atoms with Crippen molar-refractivity contribution < 1.29 is 9.18 Å². The van der Waals surface area contributed by atoms with Gasteiger partial charge in [-0.25, -0.2) is 4.39 Å². The third-order valence-corrected chi connectivity index (χ3v) is 5.38. The van der Waals surface area contributed by atoms with Gasteiger partial charge in [0.25, 0.3) is 0 Å². The van der Waals surface area contributed by atoms with E-state index in [0.717, 1.165) is 24.0 Å². The van der Waals surface area contributed by atoms with Gasteiger partial charge >= 0.3 is 0 Å². The van der Waals surface area contributed by atoms with Gasteiger partial charge in [0.2, 0.25) is 5.91 Å². The Morgan fingerprint density at radius 2 is 1.92 bits per heavy atom. The number of carbonyl (C=O) groups excluding carboxylic acids is 1. The molecule has 2 aromatic rings. The monoisotopic (exact) mass is 370 g/mol. The van der Waals surface area contributed by atoms with Gasteiger partial charge < -0.3 is 10.6 Å². The van der Waals surface area contributed by atoms with Crippen LogP contribution in [0.1, 0.15) is 30.0 Å². The Hall–Kier alpha value is -2.17. The minimum atomic E-state index is -0.488. The SMILES string of the molecule is N[C@H](C(=O)N1CC(c2cc(Cl)ccc2F)=CC1c1ccccc1)C1CC1. The van der Waals surface area contributed by atoms with Crippen molar-refractivity contribution >= 4 is 23.1 Å². The highest BCUT2D eigenvalue weighted by atomic mass is 35.5. The Kier molecular flexibility index (Phi) is 4.55. The van der Waals surface area contributed by atoms with Crippen LogP contribution >= 0.6 is 11.6 Å². The summed E-state index contributed by atoms with van der Waals surface area (Å²) < 4.78 is 14.3. The molecule has 1 heterocycles. The van der Waals surface area contributed by atoms with Gasteiger partial charge in [-0.15, -0.1) is 0 Å². The molecule has 26 heavy (non-hydrogen) atoms. The molecule has 0 saturated heterocycles. The highest BCUT2D eigenvalue weighted by molar-refractivity contribution is 6.30. The summed E-state index contributed by atoms with van der Waals surface area (Å²) in [5, 5.41) is 0.470. The number of hydrogen-bond acceptors (Lipinski definition) is 2. The molecule has 1 amide bonds. The summed E-state index contributed by atoms with van der Waals surface area (Å²) in [4.78, 5) is 14.7. The second-order valence-corrected chi connectivity index (χ2v) is 7.44. The van der Waals surface area contributed by atoms with Crippen LogP contribution in [0.5, 0.6) is 0 Å². The first kappa shape index (κ1) is 17.3. The van der Waals surface area contributed by atoms with Crippen LogP contribution < -0.4 is 5.73 Å². The van der Waals surface area contributed by atoms with Gasteiger partial charge in [0, 0.05) is 17.1 Å². The molecule has 2 N–H and O–H groups in total. The first-order chi connectivity index (χ1) is 12.5. The molecule has 1 unspecified atom stereocenters. The number of benzene rings is 2. The van der Waals surface area contributed by atoms with E-state index in [9.17, 15) is 9.18 Å². The summed E-state index contributed by atoms with van der Waals surface area (Å²) in [5.74, 6) is -0.144. The minimum absolute atomic E-state index is 0.0740. The Balaban J connectivity index is 1.71. The maximum absolute atomic E-state index is 14.3. The highest BCUT2D eigenvalue weighted by Crippen LogP contribution is 2.39. The van der Waals surface area contributed by atoms with E-state index < -0.39 is 6.04 Å². The summed E-state index contributed by atoms with van der Waals surface area (Å²) in [7, 11) is 0. The first-order valence-electron chi connectivity index (χ1n) is 8.81. The Labute approximate surface area is 157 Å². The Bertz CT molecular complexity index is 864. The number of rotatable bonds is 4. The molecule has 4 rings (SSSR count). The van der Waals surface area contributed by atoms with Gasteiger partial charge in [0.05, 0.1) is 12.1 Å². The van der Waals surface area contributed by atoms with Crippen LogP contribution in [0, 0.1) is 11.7 Å². The van der Waals surface area contributed by atoms with E-state index >= 15 is 0 Å². The molecule has 1 aliphatic heterocycles. The first-order valence-corrected chi connectivity index (χ1v) is 9.19. The van der Waals surface area contributed by atoms with Crippen LogP contribution in [0.2, 0.25) is 5.02 Å². The van der Waals surface area contributed by atoms with E-state index in [0.29, 0.717) is 17.1 Å². The van der Waals surface area contributed by atoms with Crippen LogP contribution in [0.15, 0.2) is 54.6 Å². The number of amides is 1. The molecule has 2 aromatic carbocycles. The molecule has 5 heteroatoms. The lowest BCUT2D eigenvalue weighted by atomic mass is 10.0. The summed E-state index contributed by atoms with van der Waals surface area (Å²) in [6.07, 6.45) is 3.95. The zero-order chi connectivity index (χ0) is 18.3. The topological polar surface area (TPSA) is 46.3 Å². The molecule has 2 aliphatic rings. The lowest BCUT2D eigenvalue weighted by Gasteiger charge is -2.28. The zero-order valence-corrected chi connectivity index (χ0v) is 15.0. The van der Waals surface area contributed by atoms with E-state index in [1.54, 1.807) is 11.0 Å². The predicted octanol–water partition coefficient (Wildman–Crippen LogP) is 4.18. The van der Waals surface area contributed by atoms with E-state index in [4.69, 9.17) is 17.3 Å². The van der Waals surface area contributed by atoms with Crippen molar-refractivity contribution in [2.75, 3.05) is 6.54 Å². The number of nitrogens with zero attached hydrogens (tertiary/aromatic N) is 1. The number of halogens is 2. The van der Waals surface area contributed by atoms with Crippen molar-refractivity contribution in [2.45, 2.75) is 24.9 Å². The third kappa shape index (κ3) is 3.27. The lowest BCUT2D eigenvalue weighted by molar-refractivity contribution is -0.133. The molecular formula is C21H20ClFN2O. The van der Waals surface area contributed by atoms with Crippen molar-refractivity contribution in [1.82, 2.24) is 4.90 Å². The second-order valence-electron chi connectivity index (χ2n) is 7.00. The molecule has 1 aliphatic carbocycles. The summed E-state index contributed by atoms with van der Waals surface area (Å²) >= 11 is 6.05. The van der Waals surface area contributed by atoms with Crippen molar-refractivity contribution in [1.29, 1.82) is 0 Å². The van der Waals surface area contributed by atoms with Gasteiger partial charge in [-0.05, 0) is 48.1 Å². The van der Waals surface area contributed by atoms with Crippen molar-refractivity contribution in [3.63, 3.8) is 0 Å². The molecule has 2 atom stereocenters. The fourth-order valence-electron chi connectivity index (χ4n) is 3.52. The highest BCUT2D eigenvalue weighted by Gasteiger charge is 2.39. The summed E-state index contributed by atoms with van der Waals surface area (Å²) in [5.41, 5.74) is 8.36. The predicted molar refractivity (Wildman–Crippen MR) is 101 cm³/mol. The molecule has 0 spiro atoms. The van der Waals surface area contributed by atoms with Crippen LogP contribution in [-0.2, 0) is 4.79 Å². The summed E-state index contributed by atoms with van der Waals surface area (Å²) in [6, 6.07) is 13.5. The van der Waals surface area contributed by atoms with Crippen molar-refractivity contribution in [2.24, 2.45) is 11.7 Å². The molecule has 1 saturated carbocycles. The average molecular weight is 371 g/mol. The molecule has 134 valence electrons. The molecule has 1 fully saturated rings. The molecule has 0 bridgehead atoms. The van der Waals surface area contributed by atoms with Crippen LogP contribution in [0.25, 0.3) is 5.57 Å². The standard InChI is InChI=1S/C21H20ClFN2O/c22-16-8-9-18(23)17(11-16)15-10-19(13-4-2-1-3-5-13)25(12-15)21(26)20(24)14-6-7-14/h1-5,8-11,14,19-20H,6-7,12,24H2/t19?,20-/m0/s1. The van der Waals surface area contributed by atoms with Gasteiger partial charge in [-0.3, -0.25) is 4.79 Å². The number of carbonyl (C=O) groups is 1. The maximum atomic E-state index is 14.3. The maximum Gasteiger partial charge on any atom is 0.240 e. The smallest absolute Gasteiger partial charge is 0.240 e. The Morgan fingerprint density at radius 1 is 1.19 bits per heavy atom. The van der Waals surface area contributed by atoms with Crippen molar-refractivity contribution in [3.05, 3.63) is 76.6 Å². The number of nitrogens with two attached hydrogens (primary N) is 1. The summed E-state index contributed by atoms with van der Waals surface area (Å²) in [6.45, 7) is 0.329. The number of hydrogen-bond donors (Lipinski definition) is 1. The normalized spacial score (nSPS) is 20.8. The molecule has 0 aromatic heterocycles. The lowest BCUT2D eigenvalue weighted by Crippen LogP contribution is -2.45. The van der Waals surface area contributed by atoms with Gasteiger partial charge in [0.15, 0.2) is 0 Å². The molecular weight excluding hydrogens is 351 g/mol. The van der Waals surface area contributed by atoms with Crippen LogP contribution in [-0.4, -0.2) is 23.4 Å². The fraction of sp³-hybridized carbons (Fsp3) is 0.286. The average Bonchev–Trinajstić information content (AvgIpc) is 3.41. The van der Waals surface area contributed by atoms with E-state index in [1.807, 2.05) is 36.4 Å². The fourth-order valence-corrected chi connectivity index (χ4v) is 3.70. The largest absolute Gasteiger partial charge is 0.326 e. The zero-order valence-electron chi connectivity index (χ0n) is 14.2. The van der Waals surface area contributed by atoms with Gasteiger partial charge in [0.1, 0.15) is 5.82 Å². The van der Waals surface area contributed by atoms with Crippen LogP contribution in [0.3, 0.4) is 0 Å². The quantitative estimate of drug-likeness (QED) is 0.877. The second kappa shape index (κ2) is 6.86. The van der Waals surface area contributed by atoms with E-state index in [2.05, 4.69) is 0 Å². The minimum Gasteiger partial charge on any atom is -0.326 e. The Morgan fingerprint density at radius 3 is 2.62 bits per heavy atom. The van der Waals surface area contributed by atoms with Gasteiger partial charge in [-0.2, -0.15) is 0 Å². The molecule has 3 nitrogen and oxygen atoms in total.